The third-order valence-electron chi connectivity index (χ3n) is 3.70. The molecule has 0 saturated carbocycles. The normalized spacial score (nSPS) is 18.0. The summed E-state index contributed by atoms with van der Waals surface area (Å²) in [5.74, 6) is -0.196. The van der Waals surface area contributed by atoms with Gasteiger partial charge in [-0.05, 0) is 12.1 Å². The van der Waals surface area contributed by atoms with Crippen molar-refractivity contribution in [2.24, 2.45) is 0 Å². The summed E-state index contributed by atoms with van der Waals surface area (Å²) in [6.45, 7) is 0.934. The van der Waals surface area contributed by atoms with Crippen LogP contribution < -0.4 is 4.74 Å². The molecule has 0 N–H and O–H groups in total. The van der Waals surface area contributed by atoms with Crippen LogP contribution in [0.15, 0.2) is 36.8 Å². The van der Waals surface area contributed by atoms with E-state index in [4.69, 9.17) is 4.74 Å². The summed E-state index contributed by atoms with van der Waals surface area (Å²) < 4.78 is 45.1. The Bertz CT molecular complexity index is 703. The molecule has 9 heteroatoms. The number of halogens is 3. The highest BCUT2D eigenvalue weighted by Gasteiger charge is 2.32. The van der Waals surface area contributed by atoms with E-state index in [1.807, 2.05) is 0 Å². The van der Waals surface area contributed by atoms with Crippen molar-refractivity contribution in [1.82, 2.24) is 19.7 Å². The van der Waals surface area contributed by atoms with Crippen LogP contribution in [0.25, 0.3) is 0 Å². The molecule has 1 saturated heterocycles. The number of hydrogen-bond acceptors (Lipinski definition) is 4. The topological polar surface area (TPSA) is 60.2 Å². The lowest BCUT2D eigenvalue weighted by Gasteiger charge is -2.17. The third-order valence-corrected chi connectivity index (χ3v) is 3.70. The van der Waals surface area contributed by atoms with E-state index in [9.17, 15) is 18.0 Å². The van der Waals surface area contributed by atoms with Crippen LogP contribution in [0.2, 0.25) is 0 Å². The minimum absolute atomic E-state index is 0.0869. The molecular formula is C15H15F3N4O2. The van der Waals surface area contributed by atoms with E-state index in [0.717, 1.165) is 18.3 Å². The zero-order chi connectivity index (χ0) is 17.2. The highest BCUT2D eigenvalue weighted by Crippen LogP contribution is 2.31. The van der Waals surface area contributed by atoms with Crippen LogP contribution in [-0.4, -0.2) is 44.8 Å². The number of alkyl halides is 3. The van der Waals surface area contributed by atoms with Gasteiger partial charge in [0.05, 0.1) is 12.1 Å². The molecule has 0 spiro atoms. The summed E-state index contributed by atoms with van der Waals surface area (Å²) in [4.78, 5) is 17.6. The average Bonchev–Trinajstić information content (AvgIpc) is 3.18. The largest absolute Gasteiger partial charge is 0.472 e. The highest BCUT2D eigenvalue weighted by atomic mass is 19.4. The van der Waals surface area contributed by atoms with Crippen LogP contribution in [0, 0.1) is 0 Å². The summed E-state index contributed by atoms with van der Waals surface area (Å²) in [5, 5.41) is 3.97. The lowest BCUT2D eigenvalue weighted by molar-refractivity contribution is -0.137. The van der Waals surface area contributed by atoms with Crippen LogP contribution in [-0.2, 0) is 17.5 Å². The zero-order valence-corrected chi connectivity index (χ0v) is 12.6. The Morgan fingerprint density at radius 3 is 2.92 bits per heavy atom. The van der Waals surface area contributed by atoms with E-state index >= 15 is 0 Å². The molecular weight excluding hydrogens is 325 g/mol. The molecule has 0 unspecified atom stereocenters. The highest BCUT2D eigenvalue weighted by molar-refractivity contribution is 5.76. The predicted octanol–water partition coefficient (Wildman–Crippen LogP) is 1.98. The van der Waals surface area contributed by atoms with Gasteiger partial charge >= 0.3 is 6.18 Å². The van der Waals surface area contributed by atoms with Crippen molar-refractivity contribution in [3.8, 4) is 5.88 Å². The first kappa shape index (κ1) is 16.3. The van der Waals surface area contributed by atoms with Crippen molar-refractivity contribution in [2.45, 2.75) is 25.2 Å². The second-order valence-corrected chi connectivity index (χ2v) is 5.45. The number of carbonyl (C=O) groups excluding carboxylic acids is 1. The van der Waals surface area contributed by atoms with Crippen molar-refractivity contribution in [2.75, 3.05) is 13.1 Å². The summed E-state index contributed by atoms with van der Waals surface area (Å²) in [5.41, 5.74) is -0.808. The van der Waals surface area contributed by atoms with E-state index in [-0.39, 0.29) is 24.4 Å². The van der Waals surface area contributed by atoms with Gasteiger partial charge < -0.3 is 9.64 Å². The Labute approximate surface area is 135 Å². The molecule has 1 amide bonds. The van der Waals surface area contributed by atoms with Crippen molar-refractivity contribution in [3.63, 3.8) is 0 Å². The Hall–Kier alpha value is -2.58. The lowest BCUT2D eigenvalue weighted by atomic mass is 10.2. The number of nitrogens with zero attached hydrogens (tertiary/aromatic N) is 4. The quantitative estimate of drug-likeness (QED) is 0.854. The number of likely N-dealkylation sites (tertiary alicyclic amines) is 1. The van der Waals surface area contributed by atoms with E-state index < -0.39 is 11.7 Å². The molecule has 0 bridgehead atoms. The number of hydrogen-bond donors (Lipinski definition) is 0. The Balaban J connectivity index is 1.57. The Kier molecular flexibility index (Phi) is 4.41. The second kappa shape index (κ2) is 6.50. The zero-order valence-electron chi connectivity index (χ0n) is 12.6. The molecule has 0 radical (unpaired) electrons. The summed E-state index contributed by atoms with van der Waals surface area (Å²) in [6, 6.07) is 3.48. The molecule has 3 heterocycles. The number of aromatic nitrogens is 3. The van der Waals surface area contributed by atoms with Crippen LogP contribution in [0.1, 0.15) is 12.0 Å². The molecule has 0 aromatic carbocycles. The van der Waals surface area contributed by atoms with Crippen molar-refractivity contribution in [1.29, 1.82) is 0 Å². The van der Waals surface area contributed by atoms with Gasteiger partial charge in [-0.2, -0.15) is 18.3 Å². The van der Waals surface area contributed by atoms with Gasteiger partial charge in [0, 0.05) is 37.6 Å². The van der Waals surface area contributed by atoms with Gasteiger partial charge in [-0.1, -0.05) is 0 Å². The first-order chi connectivity index (χ1) is 11.4. The molecule has 1 atom stereocenters. The SMILES string of the molecule is O=C(Cn1cccn1)N1CC[C@@H](Oc2cc(C(F)(F)F)ccn2)C1. The summed E-state index contributed by atoms with van der Waals surface area (Å²) in [6.07, 6.45) is 0.0678. The van der Waals surface area contributed by atoms with E-state index in [1.165, 1.54) is 4.68 Å². The van der Waals surface area contributed by atoms with Crippen molar-refractivity contribution >= 4 is 5.91 Å². The van der Waals surface area contributed by atoms with Gasteiger partial charge in [0.25, 0.3) is 0 Å². The average molecular weight is 340 g/mol. The first-order valence-electron chi connectivity index (χ1n) is 7.37. The van der Waals surface area contributed by atoms with Gasteiger partial charge in [-0.3, -0.25) is 9.48 Å². The lowest BCUT2D eigenvalue weighted by Crippen LogP contribution is -2.33. The van der Waals surface area contributed by atoms with E-state index in [0.29, 0.717) is 19.5 Å². The smallest absolute Gasteiger partial charge is 0.416 e. The fourth-order valence-electron chi connectivity index (χ4n) is 2.50. The molecule has 1 fully saturated rings. The monoisotopic (exact) mass is 340 g/mol. The molecule has 2 aromatic heterocycles. The molecule has 1 aliphatic rings. The molecule has 3 rings (SSSR count). The minimum Gasteiger partial charge on any atom is -0.472 e. The van der Waals surface area contributed by atoms with Crippen molar-refractivity contribution < 1.29 is 22.7 Å². The second-order valence-electron chi connectivity index (χ2n) is 5.45. The predicted molar refractivity (Wildman–Crippen MR) is 77.1 cm³/mol. The molecule has 0 aliphatic carbocycles. The summed E-state index contributed by atoms with van der Waals surface area (Å²) >= 11 is 0. The Morgan fingerprint density at radius 1 is 1.38 bits per heavy atom. The molecule has 128 valence electrons. The van der Waals surface area contributed by atoms with Gasteiger partial charge in [0.2, 0.25) is 11.8 Å². The van der Waals surface area contributed by atoms with Crippen LogP contribution >= 0.6 is 0 Å². The van der Waals surface area contributed by atoms with Gasteiger partial charge in [0.15, 0.2) is 0 Å². The van der Waals surface area contributed by atoms with Crippen LogP contribution in [0.5, 0.6) is 5.88 Å². The molecule has 1 aliphatic heterocycles. The number of ether oxygens (including phenoxy) is 1. The Morgan fingerprint density at radius 2 is 2.21 bits per heavy atom. The first-order valence-corrected chi connectivity index (χ1v) is 7.37. The van der Waals surface area contributed by atoms with E-state index in [2.05, 4.69) is 10.1 Å². The number of pyridine rings is 1. The van der Waals surface area contributed by atoms with E-state index in [1.54, 1.807) is 23.4 Å². The number of amides is 1. The van der Waals surface area contributed by atoms with Gasteiger partial charge in [-0.15, -0.1) is 0 Å². The fourth-order valence-corrected chi connectivity index (χ4v) is 2.50. The number of carbonyl (C=O) groups is 1. The maximum atomic E-state index is 12.7. The number of rotatable bonds is 4. The summed E-state index contributed by atoms with van der Waals surface area (Å²) in [7, 11) is 0. The van der Waals surface area contributed by atoms with Crippen LogP contribution in [0.3, 0.4) is 0 Å². The molecule has 24 heavy (non-hydrogen) atoms. The molecule has 6 nitrogen and oxygen atoms in total. The fraction of sp³-hybridized carbons (Fsp3) is 0.400. The standard InChI is InChI=1S/C15H15F3N4O2/c16-15(17,18)11-2-5-19-13(8-11)24-12-3-7-21(9-12)14(23)10-22-6-1-4-20-22/h1-2,4-6,8,12H,3,7,9-10H2/t12-/m1/s1. The maximum Gasteiger partial charge on any atom is 0.416 e. The maximum absolute atomic E-state index is 12.7. The minimum atomic E-state index is -4.44. The van der Waals surface area contributed by atoms with Crippen molar-refractivity contribution in [3.05, 3.63) is 42.4 Å². The van der Waals surface area contributed by atoms with Gasteiger partial charge in [-0.25, -0.2) is 4.98 Å². The van der Waals surface area contributed by atoms with Gasteiger partial charge in [0.1, 0.15) is 12.6 Å². The molecule has 2 aromatic rings. The van der Waals surface area contributed by atoms with Crippen LogP contribution in [0.4, 0.5) is 13.2 Å². The third kappa shape index (κ3) is 3.84.